The molecule has 1 unspecified atom stereocenters. The molecule has 0 aliphatic heterocycles. The number of hydrogen-bond donors (Lipinski definition) is 1. The Morgan fingerprint density at radius 1 is 1.33 bits per heavy atom. The zero-order valence-corrected chi connectivity index (χ0v) is 13.7. The number of benzene rings is 1. The molecule has 0 bridgehead atoms. The van der Waals surface area contributed by atoms with Gasteiger partial charge in [0, 0.05) is 6.61 Å². The van der Waals surface area contributed by atoms with Crippen molar-refractivity contribution in [2.45, 2.75) is 46.3 Å². The third-order valence-corrected chi connectivity index (χ3v) is 3.34. The van der Waals surface area contributed by atoms with E-state index >= 15 is 0 Å². The molecule has 1 N–H and O–H groups in total. The van der Waals surface area contributed by atoms with Gasteiger partial charge in [-0.05, 0) is 40.2 Å². The molecule has 0 heterocycles. The van der Waals surface area contributed by atoms with E-state index < -0.39 is 11.6 Å². The van der Waals surface area contributed by atoms with Crippen LogP contribution in [0.4, 0.5) is 0 Å². The number of carbonyl (C=O) groups excluding carboxylic acids is 1. The van der Waals surface area contributed by atoms with Gasteiger partial charge in [0.1, 0.15) is 6.10 Å². The van der Waals surface area contributed by atoms with Crippen molar-refractivity contribution < 1.29 is 14.3 Å². The van der Waals surface area contributed by atoms with Gasteiger partial charge in [-0.1, -0.05) is 29.8 Å². The van der Waals surface area contributed by atoms with E-state index in [0.29, 0.717) is 19.8 Å². The molecule has 1 rings (SSSR count). The average Bonchev–Trinajstić information content (AvgIpc) is 2.43. The van der Waals surface area contributed by atoms with Crippen molar-refractivity contribution in [1.29, 1.82) is 0 Å². The molecular weight excluding hydrogens is 266 g/mol. The minimum Gasteiger partial charge on any atom is -0.379 e. The summed E-state index contributed by atoms with van der Waals surface area (Å²) in [6.07, 6.45) is -0.491. The standard InChI is InChI=1S/C17H27NO3/c1-6-20-10-11-21-14(3)16(19)18-17(4,5)15-9-7-8-13(2)12-15/h7-9,12,14H,6,10-11H2,1-5H3,(H,18,19). The van der Waals surface area contributed by atoms with Crippen LogP contribution in [0.1, 0.15) is 38.8 Å². The highest BCUT2D eigenvalue weighted by molar-refractivity contribution is 5.81. The molecule has 1 amide bonds. The number of rotatable bonds is 8. The largest absolute Gasteiger partial charge is 0.379 e. The van der Waals surface area contributed by atoms with E-state index in [4.69, 9.17) is 9.47 Å². The smallest absolute Gasteiger partial charge is 0.249 e. The molecule has 0 aliphatic rings. The van der Waals surface area contributed by atoms with Crippen molar-refractivity contribution in [2.75, 3.05) is 19.8 Å². The van der Waals surface area contributed by atoms with Gasteiger partial charge in [0.15, 0.2) is 0 Å². The highest BCUT2D eigenvalue weighted by Gasteiger charge is 2.25. The second kappa shape index (κ2) is 8.15. The molecule has 0 aliphatic carbocycles. The average molecular weight is 293 g/mol. The lowest BCUT2D eigenvalue weighted by molar-refractivity contribution is -0.134. The van der Waals surface area contributed by atoms with Gasteiger partial charge in [-0.3, -0.25) is 4.79 Å². The van der Waals surface area contributed by atoms with Crippen molar-refractivity contribution in [3.05, 3.63) is 35.4 Å². The molecule has 4 nitrogen and oxygen atoms in total. The normalized spacial score (nSPS) is 13.0. The lowest BCUT2D eigenvalue weighted by Gasteiger charge is -2.29. The van der Waals surface area contributed by atoms with Crippen LogP contribution in [0.3, 0.4) is 0 Å². The van der Waals surface area contributed by atoms with E-state index in [1.807, 2.05) is 45.9 Å². The van der Waals surface area contributed by atoms with Crippen LogP contribution in [0.2, 0.25) is 0 Å². The summed E-state index contributed by atoms with van der Waals surface area (Å²) >= 11 is 0. The predicted molar refractivity (Wildman–Crippen MR) is 84.3 cm³/mol. The van der Waals surface area contributed by atoms with Gasteiger partial charge in [0.25, 0.3) is 0 Å². The number of aryl methyl sites for hydroxylation is 1. The van der Waals surface area contributed by atoms with Crippen LogP contribution in [0.15, 0.2) is 24.3 Å². The van der Waals surface area contributed by atoms with Crippen molar-refractivity contribution in [1.82, 2.24) is 5.32 Å². The Kier molecular flexibility index (Phi) is 6.85. The van der Waals surface area contributed by atoms with E-state index in [1.54, 1.807) is 6.92 Å². The van der Waals surface area contributed by atoms with Crippen LogP contribution in [-0.4, -0.2) is 31.8 Å². The maximum absolute atomic E-state index is 12.2. The number of amides is 1. The molecule has 0 radical (unpaired) electrons. The van der Waals surface area contributed by atoms with Gasteiger partial charge in [-0.2, -0.15) is 0 Å². The first kappa shape index (κ1) is 17.7. The fourth-order valence-electron chi connectivity index (χ4n) is 2.02. The molecule has 0 saturated heterocycles. The minimum atomic E-state index is -0.491. The highest BCUT2D eigenvalue weighted by atomic mass is 16.5. The third kappa shape index (κ3) is 5.86. The summed E-state index contributed by atoms with van der Waals surface area (Å²) in [7, 11) is 0. The Balaban J connectivity index is 2.55. The Hall–Kier alpha value is -1.39. The van der Waals surface area contributed by atoms with Gasteiger partial charge in [-0.25, -0.2) is 0 Å². The summed E-state index contributed by atoms with van der Waals surface area (Å²) in [5.74, 6) is -0.113. The summed E-state index contributed by atoms with van der Waals surface area (Å²) in [5.41, 5.74) is 1.83. The Labute approximate surface area is 127 Å². The number of hydrogen-bond acceptors (Lipinski definition) is 3. The fourth-order valence-corrected chi connectivity index (χ4v) is 2.02. The van der Waals surface area contributed by atoms with E-state index in [-0.39, 0.29) is 5.91 Å². The van der Waals surface area contributed by atoms with Gasteiger partial charge < -0.3 is 14.8 Å². The summed E-state index contributed by atoms with van der Waals surface area (Å²) in [5, 5.41) is 3.04. The van der Waals surface area contributed by atoms with Crippen molar-refractivity contribution >= 4 is 5.91 Å². The first-order valence-corrected chi connectivity index (χ1v) is 7.45. The lowest BCUT2D eigenvalue weighted by Crippen LogP contribution is -2.46. The van der Waals surface area contributed by atoms with Crippen LogP contribution < -0.4 is 5.32 Å². The van der Waals surface area contributed by atoms with E-state index in [0.717, 1.165) is 5.56 Å². The Morgan fingerprint density at radius 3 is 2.67 bits per heavy atom. The molecule has 0 fully saturated rings. The maximum atomic E-state index is 12.2. The van der Waals surface area contributed by atoms with E-state index in [2.05, 4.69) is 11.4 Å². The predicted octanol–water partition coefficient (Wildman–Crippen LogP) is 2.79. The second-order valence-corrected chi connectivity index (χ2v) is 5.69. The molecule has 1 atom stereocenters. The second-order valence-electron chi connectivity index (χ2n) is 5.69. The van der Waals surface area contributed by atoms with Crippen molar-refractivity contribution in [3.8, 4) is 0 Å². The Morgan fingerprint density at radius 2 is 2.05 bits per heavy atom. The number of carbonyl (C=O) groups is 1. The number of nitrogens with one attached hydrogen (secondary N) is 1. The first-order chi connectivity index (χ1) is 9.86. The fraction of sp³-hybridized carbons (Fsp3) is 0.588. The molecule has 118 valence electrons. The third-order valence-electron chi connectivity index (χ3n) is 3.34. The SMILES string of the molecule is CCOCCOC(C)C(=O)NC(C)(C)c1cccc(C)c1. The zero-order valence-electron chi connectivity index (χ0n) is 13.7. The molecule has 0 aromatic heterocycles. The number of ether oxygens (including phenoxy) is 2. The summed E-state index contributed by atoms with van der Waals surface area (Å²) in [6, 6.07) is 8.15. The highest BCUT2D eigenvalue weighted by Crippen LogP contribution is 2.21. The summed E-state index contributed by atoms with van der Waals surface area (Å²) in [6.45, 7) is 11.3. The molecule has 0 saturated carbocycles. The monoisotopic (exact) mass is 293 g/mol. The van der Waals surface area contributed by atoms with Crippen LogP contribution in [-0.2, 0) is 19.8 Å². The van der Waals surface area contributed by atoms with Crippen LogP contribution in [0, 0.1) is 6.92 Å². The first-order valence-electron chi connectivity index (χ1n) is 7.45. The van der Waals surface area contributed by atoms with Crippen molar-refractivity contribution in [2.24, 2.45) is 0 Å². The van der Waals surface area contributed by atoms with Crippen LogP contribution in [0.25, 0.3) is 0 Å². The topological polar surface area (TPSA) is 47.6 Å². The van der Waals surface area contributed by atoms with E-state index in [9.17, 15) is 4.79 Å². The van der Waals surface area contributed by atoms with Crippen molar-refractivity contribution in [3.63, 3.8) is 0 Å². The lowest BCUT2D eigenvalue weighted by atomic mass is 9.93. The summed E-state index contributed by atoms with van der Waals surface area (Å²) in [4.78, 5) is 12.2. The molecule has 1 aromatic carbocycles. The quantitative estimate of drug-likeness (QED) is 0.750. The Bertz CT molecular complexity index is 457. The molecular formula is C17H27NO3. The van der Waals surface area contributed by atoms with Gasteiger partial charge in [0.05, 0.1) is 18.8 Å². The van der Waals surface area contributed by atoms with Gasteiger partial charge in [0.2, 0.25) is 5.91 Å². The molecule has 1 aromatic rings. The van der Waals surface area contributed by atoms with E-state index in [1.165, 1.54) is 5.56 Å². The minimum absolute atomic E-state index is 0.113. The zero-order chi connectivity index (χ0) is 15.9. The maximum Gasteiger partial charge on any atom is 0.249 e. The van der Waals surface area contributed by atoms with Gasteiger partial charge in [-0.15, -0.1) is 0 Å². The molecule has 0 spiro atoms. The van der Waals surface area contributed by atoms with Gasteiger partial charge >= 0.3 is 0 Å². The van der Waals surface area contributed by atoms with Crippen LogP contribution in [0.5, 0.6) is 0 Å². The molecule has 4 heteroatoms. The molecule has 21 heavy (non-hydrogen) atoms. The van der Waals surface area contributed by atoms with Crippen LogP contribution >= 0.6 is 0 Å². The summed E-state index contributed by atoms with van der Waals surface area (Å²) < 4.78 is 10.7.